The molecular formula is C19H17N3. The third kappa shape index (κ3) is 2.14. The molecule has 22 heavy (non-hydrogen) atoms. The van der Waals surface area contributed by atoms with E-state index >= 15 is 0 Å². The van der Waals surface area contributed by atoms with Gasteiger partial charge in [-0.2, -0.15) is 5.26 Å². The molecule has 2 aliphatic carbocycles. The first-order valence-electron chi connectivity index (χ1n) is 7.71. The van der Waals surface area contributed by atoms with Gasteiger partial charge in [0, 0.05) is 5.56 Å². The van der Waals surface area contributed by atoms with Crippen LogP contribution in [0.3, 0.4) is 0 Å². The molecule has 108 valence electrons. The smallest absolute Gasteiger partial charge is 0.141 e. The Morgan fingerprint density at radius 3 is 2.77 bits per heavy atom. The van der Waals surface area contributed by atoms with Gasteiger partial charge in [0.05, 0.1) is 12.2 Å². The van der Waals surface area contributed by atoms with Crippen LogP contribution in [0.2, 0.25) is 0 Å². The molecule has 1 N–H and O–H groups in total. The summed E-state index contributed by atoms with van der Waals surface area (Å²) < 4.78 is 2.07. The van der Waals surface area contributed by atoms with Crippen molar-refractivity contribution in [3.63, 3.8) is 0 Å². The number of hydrogen-bond acceptors (Lipinski definition) is 1. The van der Waals surface area contributed by atoms with E-state index in [2.05, 4.69) is 46.2 Å². The molecule has 0 atom stereocenters. The number of fused-ring (bicyclic) bond motifs is 1. The van der Waals surface area contributed by atoms with E-state index in [4.69, 9.17) is 0 Å². The number of nitriles is 1. The van der Waals surface area contributed by atoms with Gasteiger partial charge >= 0.3 is 0 Å². The van der Waals surface area contributed by atoms with Crippen LogP contribution in [0.15, 0.2) is 48.5 Å². The highest BCUT2D eigenvalue weighted by molar-refractivity contribution is 5.80. The molecule has 1 aromatic carbocycles. The summed E-state index contributed by atoms with van der Waals surface area (Å²) in [6.45, 7) is 0.752. The van der Waals surface area contributed by atoms with E-state index in [0.717, 1.165) is 24.2 Å². The average Bonchev–Trinajstić information content (AvgIpc) is 3.25. The lowest BCUT2D eigenvalue weighted by atomic mass is 10.1. The number of H-pyrrole nitrogens is 1. The normalized spacial score (nSPS) is 14.2. The lowest BCUT2D eigenvalue weighted by molar-refractivity contribution is 0.693. The fourth-order valence-corrected chi connectivity index (χ4v) is 3.27. The predicted molar refractivity (Wildman–Crippen MR) is 87.5 cm³/mol. The Balaban J connectivity index is 1.77. The monoisotopic (exact) mass is 287 g/mol. The molecule has 0 bridgehead atoms. The van der Waals surface area contributed by atoms with Crippen molar-refractivity contribution in [2.24, 2.45) is 0 Å². The minimum Gasteiger partial charge on any atom is -0.287 e. The highest BCUT2D eigenvalue weighted by Crippen LogP contribution is 2.36. The number of hydrogen-bond donors (Lipinski definition) is 1. The Hall–Kier alpha value is -2.73. The van der Waals surface area contributed by atoms with E-state index in [0.29, 0.717) is 5.69 Å². The maximum Gasteiger partial charge on any atom is 0.141 e. The zero-order chi connectivity index (χ0) is 14.9. The number of aromatic amines is 1. The van der Waals surface area contributed by atoms with E-state index in [1.807, 2.05) is 18.2 Å². The fraction of sp³-hybridized carbons (Fsp3) is 0.211. The van der Waals surface area contributed by atoms with Gasteiger partial charge in [0.15, 0.2) is 0 Å². The van der Waals surface area contributed by atoms with Crippen LogP contribution in [0.5, 0.6) is 0 Å². The van der Waals surface area contributed by atoms with Gasteiger partial charge in [-0.1, -0.05) is 36.4 Å². The lowest BCUT2D eigenvalue weighted by Crippen LogP contribution is -2.02. The molecule has 0 saturated carbocycles. The van der Waals surface area contributed by atoms with Crippen LogP contribution in [0.4, 0.5) is 0 Å². The van der Waals surface area contributed by atoms with Crippen LogP contribution < -0.4 is 0 Å². The Morgan fingerprint density at radius 2 is 2.05 bits per heavy atom. The van der Waals surface area contributed by atoms with Crippen molar-refractivity contribution in [2.75, 3.05) is 0 Å². The van der Waals surface area contributed by atoms with Crippen LogP contribution >= 0.6 is 0 Å². The lowest BCUT2D eigenvalue weighted by Gasteiger charge is -2.05. The molecule has 1 aromatic rings. The summed E-state index contributed by atoms with van der Waals surface area (Å²) in [6, 6.07) is 17.0. The molecule has 0 saturated heterocycles. The summed E-state index contributed by atoms with van der Waals surface area (Å²) in [5, 5.41) is 12.6. The van der Waals surface area contributed by atoms with Crippen molar-refractivity contribution in [2.45, 2.75) is 25.8 Å². The van der Waals surface area contributed by atoms with Crippen molar-refractivity contribution in [1.82, 2.24) is 9.78 Å². The molecule has 0 fully saturated rings. The van der Waals surface area contributed by atoms with Gasteiger partial charge in [-0.15, -0.1) is 0 Å². The predicted octanol–water partition coefficient (Wildman–Crippen LogP) is 4.41. The van der Waals surface area contributed by atoms with Gasteiger partial charge < -0.3 is 0 Å². The molecule has 0 spiro atoms. The summed E-state index contributed by atoms with van der Waals surface area (Å²) in [5.74, 6) is 0. The molecule has 0 aromatic heterocycles. The molecule has 1 heterocycles. The first-order valence-corrected chi connectivity index (χ1v) is 7.71. The molecule has 0 radical (unpaired) electrons. The van der Waals surface area contributed by atoms with Gasteiger partial charge in [0.25, 0.3) is 0 Å². The zero-order valence-corrected chi connectivity index (χ0v) is 12.3. The van der Waals surface area contributed by atoms with Crippen molar-refractivity contribution >= 4 is 5.57 Å². The van der Waals surface area contributed by atoms with Gasteiger partial charge in [-0.3, -0.25) is 9.78 Å². The average molecular weight is 287 g/mol. The Morgan fingerprint density at radius 1 is 1.18 bits per heavy atom. The van der Waals surface area contributed by atoms with E-state index in [-0.39, 0.29) is 0 Å². The van der Waals surface area contributed by atoms with Gasteiger partial charge in [0.1, 0.15) is 11.8 Å². The highest BCUT2D eigenvalue weighted by atomic mass is 15.3. The zero-order valence-electron chi connectivity index (χ0n) is 12.3. The standard InChI is InChI=1S/C19H17N3/c20-12-18-17-10-16(15-8-4-5-9-15)11-19(17)22(21-18)13-14-6-2-1-3-7-14/h1-3,6-8,10-11,21H,4-5,9,13H2. The van der Waals surface area contributed by atoms with E-state index < -0.39 is 0 Å². The maximum atomic E-state index is 9.38. The number of rotatable bonds is 3. The molecule has 1 aliphatic heterocycles. The van der Waals surface area contributed by atoms with Gasteiger partial charge in [-0.25, -0.2) is 0 Å². The summed E-state index contributed by atoms with van der Waals surface area (Å²) in [4.78, 5) is 0. The largest absolute Gasteiger partial charge is 0.287 e. The first kappa shape index (κ1) is 13.0. The Labute approximate surface area is 129 Å². The number of benzene rings is 1. The van der Waals surface area contributed by atoms with Crippen LogP contribution in [0, 0.1) is 11.3 Å². The van der Waals surface area contributed by atoms with Gasteiger partial charge in [-0.05, 0) is 48.1 Å². The fourth-order valence-electron chi connectivity index (χ4n) is 3.27. The summed E-state index contributed by atoms with van der Waals surface area (Å²) in [7, 11) is 0. The third-order valence-electron chi connectivity index (χ3n) is 4.38. The van der Waals surface area contributed by atoms with Crippen LogP contribution in [0.1, 0.15) is 36.1 Å². The minimum atomic E-state index is 0.649. The van der Waals surface area contributed by atoms with E-state index in [9.17, 15) is 5.26 Å². The summed E-state index contributed by atoms with van der Waals surface area (Å²) in [5.41, 5.74) is 6.71. The molecule has 0 unspecified atom stereocenters. The second-order valence-electron chi connectivity index (χ2n) is 5.83. The van der Waals surface area contributed by atoms with Crippen molar-refractivity contribution in [1.29, 1.82) is 5.26 Å². The second kappa shape index (κ2) is 5.23. The number of aromatic nitrogens is 2. The third-order valence-corrected chi connectivity index (χ3v) is 4.38. The van der Waals surface area contributed by atoms with Crippen LogP contribution in [-0.2, 0) is 6.54 Å². The second-order valence-corrected chi connectivity index (χ2v) is 5.83. The van der Waals surface area contributed by atoms with Crippen molar-refractivity contribution < 1.29 is 0 Å². The van der Waals surface area contributed by atoms with Crippen LogP contribution in [-0.4, -0.2) is 9.78 Å². The molecule has 3 heteroatoms. The van der Waals surface area contributed by atoms with Crippen LogP contribution in [0.25, 0.3) is 16.8 Å². The number of nitrogens with zero attached hydrogens (tertiary/aromatic N) is 2. The first-order chi connectivity index (χ1) is 10.8. The molecule has 4 rings (SSSR count). The summed E-state index contributed by atoms with van der Waals surface area (Å²) in [6.07, 6.45) is 5.89. The molecule has 3 aliphatic rings. The number of nitrogens with one attached hydrogen (secondary N) is 1. The highest BCUT2D eigenvalue weighted by Gasteiger charge is 2.20. The minimum absolute atomic E-state index is 0.649. The maximum absolute atomic E-state index is 9.38. The van der Waals surface area contributed by atoms with Crippen molar-refractivity contribution in [3.8, 4) is 17.3 Å². The van der Waals surface area contributed by atoms with E-state index in [1.165, 1.54) is 29.5 Å². The number of allylic oxidation sites excluding steroid dienone is 2. The Kier molecular flexibility index (Phi) is 3.08. The Bertz CT molecular complexity index is 843. The van der Waals surface area contributed by atoms with Crippen molar-refractivity contribution in [3.05, 3.63) is 65.4 Å². The summed E-state index contributed by atoms with van der Waals surface area (Å²) >= 11 is 0. The van der Waals surface area contributed by atoms with E-state index in [1.54, 1.807) is 0 Å². The SMILES string of the molecule is N#Cc1[nH]n(Cc2ccccc2)c2cc(C3=CCCC3)cc1-2. The quantitative estimate of drug-likeness (QED) is 0.762. The molecule has 0 amide bonds. The topological polar surface area (TPSA) is 44.5 Å². The molecule has 3 nitrogen and oxygen atoms in total. The van der Waals surface area contributed by atoms with Gasteiger partial charge in [0.2, 0.25) is 0 Å². The molecular weight excluding hydrogens is 270 g/mol.